The summed E-state index contributed by atoms with van der Waals surface area (Å²) >= 11 is 0. The summed E-state index contributed by atoms with van der Waals surface area (Å²) in [5, 5.41) is 12.7. The molecule has 0 fully saturated rings. The Morgan fingerprint density at radius 1 is 1.23 bits per heavy atom. The van der Waals surface area contributed by atoms with Crippen LogP contribution in [-0.4, -0.2) is 21.5 Å². The number of furan rings is 1. The number of pyridine rings is 1. The molecule has 3 heterocycles. The van der Waals surface area contributed by atoms with Gasteiger partial charge in [0.05, 0.1) is 0 Å². The van der Waals surface area contributed by atoms with Crippen molar-refractivity contribution in [3.63, 3.8) is 0 Å². The van der Waals surface area contributed by atoms with Crippen LogP contribution in [0.5, 0.6) is 0 Å². The van der Waals surface area contributed by atoms with Crippen LogP contribution in [0, 0.1) is 25.2 Å². The van der Waals surface area contributed by atoms with E-state index in [1.54, 1.807) is 12.4 Å². The third-order valence-electron chi connectivity index (χ3n) is 4.03. The van der Waals surface area contributed by atoms with E-state index in [9.17, 15) is 5.26 Å². The monoisotopic (exact) mass is 348 g/mol. The van der Waals surface area contributed by atoms with E-state index in [1.165, 1.54) is 0 Å². The van der Waals surface area contributed by atoms with Gasteiger partial charge in [-0.2, -0.15) is 5.26 Å². The van der Waals surface area contributed by atoms with E-state index < -0.39 is 0 Å². The Bertz CT molecular complexity index is 969. The summed E-state index contributed by atoms with van der Waals surface area (Å²) in [6.45, 7) is 6.62. The van der Waals surface area contributed by atoms with Gasteiger partial charge >= 0.3 is 0 Å². The van der Waals surface area contributed by atoms with Crippen LogP contribution in [0.25, 0.3) is 22.6 Å². The summed E-state index contributed by atoms with van der Waals surface area (Å²) in [5.41, 5.74) is 9.15. The number of aryl methyl sites for hydroxylation is 1. The first-order valence-corrected chi connectivity index (χ1v) is 8.38. The molecule has 3 N–H and O–H groups in total. The lowest BCUT2D eigenvalue weighted by Gasteiger charge is -2.13. The second-order valence-corrected chi connectivity index (χ2v) is 5.96. The van der Waals surface area contributed by atoms with Gasteiger partial charge in [0.2, 0.25) is 5.95 Å². The number of hydrogen-bond acceptors (Lipinski definition) is 7. The Balaban J connectivity index is 2.13. The standard InChI is InChI=1S/C19H20N6O/c1-4-7-22-19-23-9-13(10-24-19)16-12(3)17(15-6-5-11(2)26-15)25-18(21)14(16)8-20/h5-6,9-10H,4,7H2,1-3H3,(H2,21,25)(H,22,23,24). The molecular weight excluding hydrogens is 328 g/mol. The maximum absolute atomic E-state index is 9.57. The molecular formula is C19H20N6O. The average molecular weight is 348 g/mol. The highest BCUT2D eigenvalue weighted by Gasteiger charge is 2.20. The highest BCUT2D eigenvalue weighted by atomic mass is 16.3. The van der Waals surface area contributed by atoms with Crippen molar-refractivity contribution in [2.24, 2.45) is 0 Å². The number of nitriles is 1. The molecule has 0 saturated carbocycles. The summed E-state index contributed by atoms with van der Waals surface area (Å²) in [4.78, 5) is 13.0. The van der Waals surface area contributed by atoms with E-state index in [4.69, 9.17) is 10.2 Å². The van der Waals surface area contributed by atoms with Crippen molar-refractivity contribution in [2.75, 3.05) is 17.6 Å². The van der Waals surface area contributed by atoms with Crippen LogP contribution in [0.15, 0.2) is 28.9 Å². The molecule has 0 spiro atoms. The molecule has 132 valence electrons. The van der Waals surface area contributed by atoms with Gasteiger partial charge in [0, 0.05) is 30.1 Å². The summed E-state index contributed by atoms with van der Waals surface area (Å²) in [5.74, 6) is 2.10. The molecule has 0 amide bonds. The lowest BCUT2D eigenvalue weighted by molar-refractivity contribution is 0.546. The number of aromatic nitrogens is 3. The second-order valence-electron chi connectivity index (χ2n) is 5.96. The van der Waals surface area contributed by atoms with Crippen LogP contribution in [0.3, 0.4) is 0 Å². The molecule has 3 aromatic heterocycles. The highest BCUT2D eigenvalue weighted by Crippen LogP contribution is 2.35. The molecule has 3 rings (SSSR count). The van der Waals surface area contributed by atoms with Crippen molar-refractivity contribution in [3.8, 4) is 28.7 Å². The predicted molar refractivity (Wildman–Crippen MR) is 100 cm³/mol. The first-order chi connectivity index (χ1) is 12.5. The molecule has 0 saturated heterocycles. The number of nitrogens with one attached hydrogen (secondary N) is 1. The maximum atomic E-state index is 9.57. The number of nitrogens with zero attached hydrogens (tertiary/aromatic N) is 4. The van der Waals surface area contributed by atoms with Crippen LogP contribution in [0.1, 0.15) is 30.2 Å². The third-order valence-corrected chi connectivity index (χ3v) is 4.03. The molecule has 7 heteroatoms. The van der Waals surface area contributed by atoms with E-state index in [2.05, 4.69) is 33.3 Å². The predicted octanol–water partition coefficient (Wildman–Crippen LogP) is 3.69. The van der Waals surface area contributed by atoms with Crippen molar-refractivity contribution in [2.45, 2.75) is 27.2 Å². The molecule has 3 aromatic rings. The molecule has 0 aromatic carbocycles. The zero-order valence-electron chi connectivity index (χ0n) is 15.0. The van der Waals surface area contributed by atoms with Gasteiger partial charge in [-0.25, -0.2) is 15.0 Å². The Kier molecular flexibility index (Phi) is 4.85. The van der Waals surface area contributed by atoms with Crippen molar-refractivity contribution >= 4 is 11.8 Å². The van der Waals surface area contributed by atoms with Crippen LogP contribution in [0.4, 0.5) is 11.8 Å². The van der Waals surface area contributed by atoms with Crippen molar-refractivity contribution in [1.82, 2.24) is 15.0 Å². The minimum atomic E-state index is 0.158. The quantitative estimate of drug-likeness (QED) is 0.722. The molecule has 0 unspecified atom stereocenters. The van der Waals surface area contributed by atoms with Gasteiger partial charge < -0.3 is 15.5 Å². The zero-order valence-corrected chi connectivity index (χ0v) is 15.0. The summed E-state index contributed by atoms with van der Waals surface area (Å²) in [6.07, 6.45) is 4.35. The fraction of sp³-hybridized carbons (Fsp3) is 0.263. The van der Waals surface area contributed by atoms with Gasteiger partial charge in [-0.15, -0.1) is 0 Å². The minimum absolute atomic E-state index is 0.158. The van der Waals surface area contributed by atoms with Crippen LogP contribution in [-0.2, 0) is 0 Å². The van der Waals surface area contributed by atoms with Crippen molar-refractivity contribution < 1.29 is 4.42 Å². The minimum Gasteiger partial charge on any atom is -0.460 e. The molecule has 0 atom stereocenters. The van der Waals surface area contributed by atoms with E-state index in [0.29, 0.717) is 34.1 Å². The summed E-state index contributed by atoms with van der Waals surface area (Å²) in [6, 6.07) is 5.85. The van der Waals surface area contributed by atoms with Crippen LogP contribution in [0.2, 0.25) is 0 Å². The Hall–Kier alpha value is -3.40. The fourth-order valence-electron chi connectivity index (χ4n) is 2.76. The molecule has 7 nitrogen and oxygen atoms in total. The lowest BCUT2D eigenvalue weighted by Crippen LogP contribution is -2.05. The molecule has 0 aliphatic carbocycles. The number of hydrogen-bond donors (Lipinski definition) is 2. The topological polar surface area (TPSA) is 114 Å². The number of nitrogen functional groups attached to an aromatic ring is 1. The maximum Gasteiger partial charge on any atom is 0.222 e. The van der Waals surface area contributed by atoms with Gasteiger partial charge in [0.25, 0.3) is 0 Å². The Labute approximate surface area is 151 Å². The van der Waals surface area contributed by atoms with Gasteiger partial charge in [-0.3, -0.25) is 0 Å². The van der Waals surface area contributed by atoms with Crippen LogP contribution < -0.4 is 11.1 Å². The van der Waals surface area contributed by atoms with E-state index in [1.807, 2.05) is 26.0 Å². The number of anilines is 2. The van der Waals surface area contributed by atoms with Crippen molar-refractivity contribution in [1.29, 1.82) is 5.26 Å². The van der Waals surface area contributed by atoms with E-state index in [-0.39, 0.29) is 5.82 Å². The summed E-state index contributed by atoms with van der Waals surface area (Å²) in [7, 11) is 0. The molecule has 0 aliphatic rings. The van der Waals surface area contributed by atoms with E-state index >= 15 is 0 Å². The first kappa shape index (κ1) is 17.4. The molecule has 26 heavy (non-hydrogen) atoms. The largest absolute Gasteiger partial charge is 0.460 e. The third kappa shape index (κ3) is 3.22. The SMILES string of the molecule is CCCNc1ncc(-c2c(C)c(-c3ccc(C)o3)nc(N)c2C#N)cn1. The Morgan fingerprint density at radius 3 is 2.54 bits per heavy atom. The first-order valence-electron chi connectivity index (χ1n) is 8.38. The number of nitrogens with two attached hydrogens (primary N) is 1. The molecule has 0 aliphatic heterocycles. The van der Waals surface area contributed by atoms with Gasteiger partial charge in [0.15, 0.2) is 5.76 Å². The zero-order chi connectivity index (χ0) is 18.7. The smallest absolute Gasteiger partial charge is 0.222 e. The van der Waals surface area contributed by atoms with Crippen LogP contribution >= 0.6 is 0 Å². The Morgan fingerprint density at radius 2 is 1.96 bits per heavy atom. The summed E-state index contributed by atoms with van der Waals surface area (Å²) < 4.78 is 5.69. The average Bonchev–Trinajstić information content (AvgIpc) is 3.08. The van der Waals surface area contributed by atoms with E-state index in [0.717, 1.165) is 24.3 Å². The number of rotatable bonds is 5. The van der Waals surface area contributed by atoms with Gasteiger partial charge in [-0.05, 0) is 38.0 Å². The molecule has 0 radical (unpaired) electrons. The molecule has 0 bridgehead atoms. The lowest BCUT2D eigenvalue weighted by atomic mass is 9.96. The van der Waals surface area contributed by atoms with Gasteiger partial charge in [-0.1, -0.05) is 6.92 Å². The van der Waals surface area contributed by atoms with Gasteiger partial charge in [0.1, 0.15) is 28.9 Å². The van der Waals surface area contributed by atoms with Crippen molar-refractivity contribution in [3.05, 3.63) is 41.4 Å². The normalized spacial score (nSPS) is 10.5. The highest BCUT2D eigenvalue weighted by molar-refractivity contribution is 5.82. The second kappa shape index (κ2) is 7.23. The fourth-order valence-corrected chi connectivity index (χ4v) is 2.76.